The van der Waals surface area contributed by atoms with E-state index in [0.29, 0.717) is 5.69 Å². The third-order valence-electron chi connectivity index (χ3n) is 3.42. The van der Waals surface area contributed by atoms with Crippen LogP contribution in [0.15, 0.2) is 24.3 Å². The van der Waals surface area contributed by atoms with Crippen molar-refractivity contribution in [2.75, 3.05) is 0 Å². The first-order valence-electron chi connectivity index (χ1n) is 7.27. The van der Waals surface area contributed by atoms with E-state index in [4.69, 9.17) is 9.84 Å². The van der Waals surface area contributed by atoms with E-state index >= 15 is 0 Å². The molecule has 1 heterocycles. The Labute approximate surface area is 133 Å². The van der Waals surface area contributed by atoms with E-state index in [9.17, 15) is 9.59 Å². The molecule has 7 nitrogen and oxygen atoms in total. The molecule has 0 bridgehead atoms. The van der Waals surface area contributed by atoms with Gasteiger partial charge in [0.25, 0.3) is 0 Å². The molecule has 0 aliphatic heterocycles. The number of carboxylic acid groups (broad SMARTS) is 1. The van der Waals surface area contributed by atoms with Crippen LogP contribution in [0.1, 0.15) is 39.4 Å². The van der Waals surface area contributed by atoms with E-state index in [2.05, 4.69) is 9.84 Å². The zero-order valence-electron chi connectivity index (χ0n) is 13.6. The summed E-state index contributed by atoms with van der Waals surface area (Å²) in [5.74, 6) is -0.961. The summed E-state index contributed by atoms with van der Waals surface area (Å²) in [5.41, 5.74) is 0.277. The molecule has 0 aliphatic rings. The van der Waals surface area contributed by atoms with Crippen molar-refractivity contribution in [3.63, 3.8) is 0 Å². The lowest BCUT2D eigenvalue weighted by Gasteiger charge is -2.21. The molecule has 23 heavy (non-hydrogen) atoms. The Kier molecular flexibility index (Phi) is 4.70. The molecule has 0 atom stereocenters. The number of carbonyl (C=O) groups is 2. The molecule has 0 saturated carbocycles. The molecule has 124 valence electrons. The number of carbonyl (C=O) groups excluding carboxylic acids is 1. The zero-order valence-corrected chi connectivity index (χ0v) is 13.6. The van der Waals surface area contributed by atoms with Crippen molar-refractivity contribution in [1.82, 2.24) is 9.78 Å². The number of nitrogens with zero attached hydrogens (tertiary/aromatic N) is 2. The molecule has 1 aromatic heterocycles. The fraction of sp³-hybridized carbons (Fsp3) is 0.438. The Morgan fingerprint density at radius 2 is 1.96 bits per heavy atom. The van der Waals surface area contributed by atoms with E-state index in [0.717, 1.165) is 10.9 Å². The van der Waals surface area contributed by atoms with E-state index in [-0.39, 0.29) is 12.6 Å². The van der Waals surface area contributed by atoms with Gasteiger partial charge < -0.3 is 14.6 Å². The number of rotatable bonds is 5. The van der Waals surface area contributed by atoms with Gasteiger partial charge in [-0.05, 0) is 33.8 Å². The van der Waals surface area contributed by atoms with E-state index in [1.54, 1.807) is 0 Å². The fourth-order valence-electron chi connectivity index (χ4n) is 2.17. The van der Waals surface area contributed by atoms with Gasteiger partial charge in [0.2, 0.25) is 0 Å². The van der Waals surface area contributed by atoms with Crippen LogP contribution in [-0.2, 0) is 20.9 Å². The molecule has 0 fully saturated rings. The van der Waals surface area contributed by atoms with E-state index < -0.39 is 17.7 Å². The van der Waals surface area contributed by atoms with Crippen molar-refractivity contribution >= 4 is 23.0 Å². The first-order chi connectivity index (χ1) is 10.7. The number of hydrogen-bond acceptors (Lipinski definition) is 5. The molecule has 0 amide bonds. The molecule has 0 saturated heterocycles. The molecule has 0 spiro atoms. The molecule has 1 aromatic carbocycles. The van der Waals surface area contributed by atoms with Gasteiger partial charge in [0.15, 0.2) is 5.60 Å². The Morgan fingerprint density at radius 1 is 1.30 bits per heavy atom. The predicted molar refractivity (Wildman–Crippen MR) is 83.1 cm³/mol. The number of hydrogen-bond donors (Lipinski definition) is 1. The van der Waals surface area contributed by atoms with Crippen molar-refractivity contribution in [2.45, 2.75) is 45.9 Å². The van der Waals surface area contributed by atoms with Gasteiger partial charge in [-0.2, -0.15) is 5.10 Å². The highest BCUT2D eigenvalue weighted by molar-refractivity contribution is 5.87. The number of para-hydroxylation sites is 1. The summed E-state index contributed by atoms with van der Waals surface area (Å²) in [6.45, 7) is 7.04. The molecular weight excluding hydrogens is 300 g/mol. The molecule has 0 unspecified atom stereocenters. The number of esters is 1. The lowest BCUT2D eigenvalue weighted by Crippen LogP contribution is -2.37. The fourth-order valence-corrected chi connectivity index (χ4v) is 2.17. The third kappa shape index (κ3) is 3.68. The quantitative estimate of drug-likeness (QED) is 0.672. The SMILES string of the molecule is CC(C)n1nc(COC(C)(C)C(=O)OC(=O)O)c2ccccc21. The molecular formula is C16H20N2O5. The Bertz CT molecular complexity index is 733. The van der Waals surface area contributed by atoms with Gasteiger partial charge in [-0.3, -0.25) is 4.68 Å². The second-order valence-corrected chi connectivity index (χ2v) is 5.96. The lowest BCUT2D eigenvalue weighted by molar-refractivity contribution is -0.164. The van der Waals surface area contributed by atoms with Crippen molar-refractivity contribution in [2.24, 2.45) is 0 Å². The van der Waals surface area contributed by atoms with Crippen LogP contribution in [0.25, 0.3) is 10.9 Å². The van der Waals surface area contributed by atoms with Crippen LogP contribution >= 0.6 is 0 Å². The van der Waals surface area contributed by atoms with Crippen molar-refractivity contribution in [1.29, 1.82) is 0 Å². The minimum atomic E-state index is -1.65. The smallest absolute Gasteiger partial charge is 0.449 e. The van der Waals surface area contributed by atoms with Gasteiger partial charge in [-0.25, -0.2) is 9.59 Å². The first-order valence-corrected chi connectivity index (χ1v) is 7.27. The van der Waals surface area contributed by atoms with Crippen LogP contribution in [0, 0.1) is 0 Å². The molecule has 0 aliphatic carbocycles. The number of fused-ring (bicyclic) bond motifs is 1. The van der Waals surface area contributed by atoms with Crippen LogP contribution < -0.4 is 0 Å². The van der Waals surface area contributed by atoms with Gasteiger partial charge in [-0.1, -0.05) is 18.2 Å². The molecule has 2 rings (SSSR count). The lowest BCUT2D eigenvalue weighted by atomic mass is 10.1. The van der Waals surface area contributed by atoms with Crippen molar-refractivity contribution < 1.29 is 24.2 Å². The summed E-state index contributed by atoms with van der Waals surface area (Å²) in [4.78, 5) is 22.2. The standard InChI is InChI=1S/C16H20N2O5/c1-10(2)18-13-8-6-5-7-11(13)12(17-18)9-22-16(3,4)14(19)23-15(20)21/h5-8,10H,9H2,1-4H3,(H,20,21). The van der Waals surface area contributed by atoms with E-state index in [1.807, 2.05) is 42.8 Å². The van der Waals surface area contributed by atoms with Crippen LogP contribution in [-0.4, -0.2) is 32.6 Å². The minimum Gasteiger partial charge on any atom is -0.449 e. The average molecular weight is 320 g/mol. The van der Waals surface area contributed by atoms with Gasteiger partial charge in [0, 0.05) is 11.4 Å². The van der Waals surface area contributed by atoms with Crippen LogP contribution in [0.5, 0.6) is 0 Å². The summed E-state index contributed by atoms with van der Waals surface area (Å²) in [7, 11) is 0. The number of benzene rings is 1. The predicted octanol–water partition coefficient (Wildman–Crippen LogP) is 3.13. The second kappa shape index (κ2) is 6.37. The van der Waals surface area contributed by atoms with Gasteiger partial charge in [0.05, 0.1) is 17.8 Å². The second-order valence-electron chi connectivity index (χ2n) is 5.96. The highest BCUT2D eigenvalue weighted by Crippen LogP contribution is 2.24. The maximum atomic E-state index is 11.7. The number of aromatic nitrogens is 2. The monoisotopic (exact) mass is 320 g/mol. The number of ether oxygens (including phenoxy) is 2. The van der Waals surface area contributed by atoms with Crippen molar-refractivity contribution in [3.8, 4) is 0 Å². The Hall–Kier alpha value is -2.41. The van der Waals surface area contributed by atoms with E-state index in [1.165, 1.54) is 13.8 Å². The van der Waals surface area contributed by atoms with Gasteiger partial charge in [0.1, 0.15) is 0 Å². The normalized spacial score (nSPS) is 11.9. The summed E-state index contributed by atoms with van der Waals surface area (Å²) < 4.78 is 11.6. The summed E-state index contributed by atoms with van der Waals surface area (Å²) in [6, 6.07) is 7.92. The summed E-state index contributed by atoms with van der Waals surface area (Å²) in [6.07, 6.45) is -1.65. The molecule has 1 N–H and O–H groups in total. The van der Waals surface area contributed by atoms with Gasteiger partial charge in [-0.15, -0.1) is 0 Å². The first kappa shape index (κ1) is 17.0. The van der Waals surface area contributed by atoms with Crippen LogP contribution in [0.4, 0.5) is 4.79 Å². The highest BCUT2D eigenvalue weighted by atomic mass is 16.7. The van der Waals surface area contributed by atoms with Crippen LogP contribution in [0.2, 0.25) is 0 Å². The van der Waals surface area contributed by atoms with Crippen molar-refractivity contribution in [3.05, 3.63) is 30.0 Å². The molecule has 7 heteroatoms. The zero-order chi connectivity index (χ0) is 17.2. The topological polar surface area (TPSA) is 90.7 Å². The molecule has 2 aromatic rings. The maximum absolute atomic E-state index is 11.7. The Morgan fingerprint density at radius 3 is 2.57 bits per heavy atom. The summed E-state index contributed by atoms with van der Waals surface area (Å²) >= 11 is 0. The largest absolute Gasteiger partial charge is 0.513 e. The highest BCUT2D eigenvalue weighted by Gasteiger charge is 2.33. The van der Waals surface area contributed by atoms with Crippen LogP contribution in [0.3, 0.4) is 0 Å². The molecule has 0 radical (unpaired) electrons. The third-order valence-corrected chi connectivity index (χ3v) is 3.42. The summed E-state index contributed by atoms with van der Waals surface area (Å²) in [5, 5.41) is 14.0. The Balaban J connectivity index is 2.22. The minimum absolute atomic E-state index is 0.0714. The maximum Gasteiger partial charge on any atom is 0.513 e. The average Bonchev–Trinajstić information content (AvgIpc) is 2.83. The van der Waals surface area contributed by atoms with Gasteiger partial charge >= 0.3 is 12.1 Å².